The molecule has 1 unspecified atom stereocenters. The van der Waals surface area contributed by atoms with Gasteiger partial charge in [-0.15, -0.1) is 0 Å². The van der Waals surface area contributed by atoms with E-state index in [2.05, 4.69) is 0 Å². The Balaban J connectivity index is 1.82. The van der Waals surface area contributed by atoms with Crippen LogP contribution in [-0.2, 0) is 20.5 Å². The minimum Gasteiger partial charge on any atom is -0.490 e. The van der Waals surface area contributed by atoms with E-state index in [-0.39, 0.29) is 11.9 Å². The number of ether oxygens (including phenoxy) is 2. The maximum absolute atomic E-state index is 12.8. The molecule has 0 aliphatic carbocycles. The Labute approximate surface area is 142 Å². The van der Waals surface area contributed by atoms with Crippen LogP contribution in [0.1, 0.15) is 11.1 Å². The number of aryl methyl sites for hydroxylation is 1. The second-order valence-electron chi connectivity index (χ2n) is 5.89. The minimum absolute atomic E-state index is 0.110. The van der Waals surface area contributed by atoms with Crippen LogP contribution in [0.25, 0.3) is 0 Å². The lowest BCUT2D eigenvalue weighted by atomic mass is 10.1. The average Bonchev–Trinajstić information content (AvgIpc) is 3.38. The molecule has 2 aromatic rings. The van der Waals surface area contributed by atoms with E-state index in [9.17, 15) is 8.42 Å². The number of epoxide rings is 1. The highest BCUT2D eigenvalue weighted by molar-refractivity contribution is 7.92. The standard InChI is InChI=1S/C18H21NO4S/c1-14-7-6-8-15(18(14)23-12-17-11-22-17)13-24(20,21)19(2)16-9-4-3-5-10-16/h3-10,17H,11-13H2,1-2H3. The summed E-state index contributed by atoms with van der Waals surface area (Å²) in [6.45, 7) is 3.07. The predicted octanol–water partition coefficient (Wildman–Crippen LogP) is 2.74. The fourth-order valence-corrected chi connectivity index (χ4v) is 3.72. The SMILES string of the molecule is Cc1cccc(CS(=O)(=O)N(C)c2ccccc2)c1OCC1CO1. The third kappa shape index (κ3) is 3.88. The third-order valence-electron chi connectivity index (χ3n) is 3.98. The zero-order valence-corrected chi connectivity index (χ0v) is 14.6. The Kier molecular flexibility index (Phi) is 4.78. The van der Waals surface area contributed by atoms with Crippen molar-refractivity contribution >= 4 is 15.7 Å². The Morgan fingerprint density at radius 1 is 1.17 bits per heavy atom. The lowest BCUT2D eigenvalue weighted by Gasteiger charge is -2.21. The van der Waals surface area contributed by atoms with Crippen molar-refractivity contribution in [3.05, 3.63) is 59.7 Å². The highest BCUT2D eigenvalue weighted by Gasteiger charge is 2.25. The number of para-hydroxylation sites is 2. The summed E-state index contributed by atoms with van der Waals surface area (Å²) in [4.78, 5) is 0. The van der Waals surface area contributed by atoms with Gasteiger partial charge in [-0.05, 0) is 24.6 Å². The average molecular weight is 347 g/mol. The molecule has 1 saturated heterocycles. The molecule has 3 rings (SSSR count). The molecule has 0 bridgehead atoms. The zero-order chi connectivity index (χ0) is 17.2. The first kappa shape index (κ1) is 16.8. The summed E-state index contributed by atoms with van der Waals surface area (Å²) in [5.41, 5.74) is 2.23. The molecule has 24 heavy (non-hydrogen) atoms. The lowest BCUT2D eigenvalue weighted by Crippen LogP contribution is -2.28. The normalized spacial score (nSPS) is 16.7. The van der Waals surface area contributed by atoms with Crippen LogP contribution in [0.4, 0.5) is 5.69 Å². The van der Waals surface area contributed by atoms with Crippen molar-refractivity contribution in [2.75, 3.05) is 24.6 Å². The van der Waals surface area contributed by atoms with Crippen molar-refractivity contribution in [3.63, 3.8) is 0 Å². The van der Waals surface area contributed by atoms with Crippen molar-refractivity contribution in [2.45, 2.75) is 18.8 Å². The summed E-state index contributed by atoms with van der Waals surface area (Å²) in [5, 5.41) is 0. The molecule has 5 nitrogen and oxygen atoms in total. The molecule has 2 aromatic carbocycles. The van der Waals surface area contributed by atoms with Gasteiger partial charge in [-0.25, -0.2) is 8.42 Å². The molecular formula is C18H21NO4S. The molecule has 0 aromatic heterocycles. The quantitative estimate of drug-likeness (QED) is 0.723. The summed E-state index contributed by atoms with van der Waals surface area (Å²) in [7, 11) is -1.94. The number of hydrogen-bond acceptors (Lipinski definition) is 4. The zero-order valence-electron chi connectivity index (χ0n) is 13.8. The lowest BCUT2D eigenvalue weighted by molar-refractivity contribution is 0.260. The Morgan fingerprint density at radius 2 is 1.88 bits per heavy atom. The van der Waals surface area contributed by atoms with Crippen molar-refractivity contribution in [3.8, 4) is 5.75 Å². The smallest absolute Gasteiger partial charge is 0.239 e. The summed E-state index contributed by atoms with van der Waals surface area (Å²) in [6, 6.07) is 14.6. The van der Waals surface area contributed by atoms with E-state index in [4.69, 9.17) is 9.47 Å². The van der Waals surface area contributed by atoms with Gasteiger partial charge in [0.1, 0.15) is 18.5 Å². The van der Waals surface area contributed by atoms with E-state index < -0.39 is 10.0 Å². The summed E-state index contributed by atoms with van der Waals surface area (Å²) < 4.78 is 37.8. The van der Waals surface area contributed by atoms with Crippen molar-refractivity contribution in [1.29, 1.82) is 0 Å². The van der Waals surface area contributed by atoms with Gasteiger partial charge in [0.2, 0.25) is 10.0 Å². The van der Waals surface area contributed by atoms with Gasteiger partial charge < -0.3 is 9.47 Å². The maximum atomic E-state index is 12.8. The van der Waals surface area contributed by atoms with Gasteiger partial charge in [0.25, 0.3) is 0 Å². The summed E-state index contributed by atoms with van der Waals surface area (Å²) >= 11 is 0. The van der Waals surface area contributed by atoms with E-state index >= 15 is 0 Å². The molecule has 0 N–H and O–H groups in total. The fourth-order valence-electron chi connectivity index (χ4n) is 2.47. The maximum Gasteiger partial charge on any atom is 0.239 e. The van der Waals surface area contributed by atoms with Gasteiger partial charge in [-0.2, -0.15) is 0 Å². The number of benzene rings is 2. The van der Waals surface area contributed by atoms with Crippen LogP contribution in [-0.4, -0.2) is 34.8 Å². The van der Waals surface area contributed by atoms with Crippen LogP contribution >= 0.6 is 0 Å². The monoisotopic (exact) mass is 347 g/mol. The van der Waals surface area contributed by atoms with Crippen LogP contribution in [0.15, 0.2) is 48.5 Å². The number of anilines is 1. The van der Waals surface area contributed by atoms with Gasteiger partial charge in [-0.1, -0.05) is 36.4 Å². The second-order valence-corrected chi connectivity index (χ2v) is 7.89. The topological polar surface area (TPSA) is 59.1 Å². The molecule has 1 fully saturated rings. The van der Waals surface area contributed by atoms with E-state index in [1.54, 1.807) is 25.2 Å². The molecule has 6 heteroatoms. The first-order chi connectivity index (χ1) is 11.5. The number of rotatable bonds is 7. The number of hydrogen-bond donors (Lipinski definition) is 0. The molecule has 1 atom stereocenters. The van der Waals surface area contributed by atoms with Gasteiger partial charge in [0.15, 0.2) is 0 Å². The van der Waals surface area contributed by atoms with E-state index in [0.717, 1.165) is 5.56 Å². The van der Waals surface area contributed by atoms with E-state index in [1.807, 2.05) is 37.3 Å². The van der Waals surface area contributed by atoms with Crippen molar-refractivity contribution < 1.29 is 17.9 Å². The molecule has 1 heterocycles. The Bertz CT molecular complexity index is 801. The number of nitrogens with zero attached hydrogens (tertiary/aromatic N) is 1. The first-order valence-corrected chi connectivity index (χ1v) is 9.43. The molecule has 1 aliphatic rings. The minimum atomic E-state index is -3.51. The van der Waals surface area contributed by atoms with Crippen molar-refractivity contribution in [1.82, 2.24) is 0 Å². The Morgan fingerprint density at radius 3 is 2.54 bits per heavy atom. The summed E-state index contributed by atoms with van der Waals surface area (Å²) in [5.74, 6) is 0.527. The fraction of sp³-hybridized carbons (Fsp3) is 0.333. The Hall–Kier alpha value is -2.05. The molecule has 0 saturated carbocycles. The number of sulfonamides is 1. The predicted molar refractivity (Wildman–Crippen MR) is 93.9 cm³/mol. The van der Waals surface area contributed by atoms with Crippen LogP contribution in [0.2, 0.25) is 0 Å². The summed E-state index contributed by atoms with van der Waals surface area (Å²) in [6.07, 6.45) is 0.126. The second kappa shape index (κ2) is 6.83. The van der Waals surface area contributed by atoms with Gasteiger partial charge in [0, 0.05) is 12.6 Å². The largest absolute Gasteiger partial charge is 0.490 e. The van der Waals surface area contributed by atoms with Crippen LogP contribution in [0.5, 0.6) is 5.75 Å². The third-order valence-corrected chi connectivity index (χ3v) is 5.71. The molecule has 0 spiro atoms. The van der Waals surface area contributed by atoms with Gasteiger partial charge in [-0.3, -0.25) is 4.31 Å². The highest BCUT2D eigenvalue weighted by Crippen LogP contribution is 2.28. The van der Waals surface area contributed by atoms with Crippen LogP contribution in [0, 0.1) is 6.92 Å². The van der Waals surface area contributed by atoms with Gasteiger partial charge in [0.05, 0.1) is 18.0 Å². The first-order valence-electron chi connectivity index (χ1n) is 7.82. The van der Waals surface area contributed by atoms with Crippen molar-refractivity contribution in [2.24, 2.45) is 0 Å². The molecular weight excluding hydrogens is 326 g/mol. The van der Waals surface area contributed by atoms with E-state index in [1.165, 1.54) is 4.31 Å². The van der Waals surface area contributed by atoms with E-state index in [0.29, 0.717) is 30.2 Å². The molecule has 1 aliphatic heterocycles. The highest BCUT2D eigenvalue weighted by atomic mass is 32.2. The van der Waals surface area contributed by atoms with Crippen LogP contribution < -0.4 is 9.04 Å². The van der Waals surface area contributed by atoms with Gasteiger partial charge >= 0.3 is 0 Å². The molecule has 0 radical (unpaired) electrons. The van der Waals surface area contributed by atoms with Crippen LogP contribution in [0.3, 0.4) is 0 Å². The molecule has 128 valence electrons. The molecule has 0 amide bonds.